The largest absolute Gasteiger partial charge is 0.378 e. The Morgan fingerprint density at radius 1 is 1.38 bits per heavy atom. The Morgan fingerprint density at radius 2 is 2.22 bits per heavy atom. The van der Waals surface area contributed by atoms with E-state index in [4.69, 9.17) is 22.0 Å². The lowest BCUT2D eigenvalue weighted by Gasteiger charge is -2.33. The minimum absolute atomic E-state index is 0.0598. The molecule has 1 aliphatic heterocycles. The summed E-state index contributed by atoms with van der Waals surface area (Å²) in [7, 11) is 0. The minimum Gasteiger partial charge on any atom is -0.378 e. The minimum atomic E-state index is -0.493. The molecular formula is C20H24ClN9O2. The molecule has 1 amide bonds. The predicted octanol–water partition coefficient (Wildman–Crippen LogP) is 2.41. The second-order valence-corrected chi connectivity index (χ2v) is 8.17. The van der Waals surface area contributed by atoms with Gasteiger partial charge in [0.25, 0.3) is 5.91 Å². The van der Waals surface area contributed by atoms with Crippen LogP contribution >= 0.6 is 11.6 Å². The quantitative estimate of drug-likeness (QED) is 0.424. The number of carbonyl (C=O) groups excluding carboxylic acids is 1. The van der Waals surface area contributed by atoms with Crippen LogP contribution in [0.1, 0.15) is 54.9 Å². The first-order valence-corrected chi connectivity index (χ1v) is 10.7. The van der Waals surface area contributed by atoms with Gasteiger partial charge in [0.2, 0.25) is 11.6 Å². The molecule has 0 aliphatic carbocycles. The molecule has 2 aromatic heterocycles. The molecule has 0 radical (unpaired) electrons. The Kier molecular flexibility index (Phi) is 6.47. The van der Waals surface area contributed by atoms with Gasteiger partial charge in [-0.2, -0.15) is 9.78 Å². The Hall–Kier alpha value is -3.31. The molecule has 3 aromatic rings. The Labute approximate surface area is 189 Å². The van der Waals surface area contributed by atoms with Crippen molar-refractivity contribution in [3.05, 3.63) is 46.2 Å². The molecular weight excluding hydrogens is 434 g/mol. The predicted molar refractivity (Wildman–Crippen MR) is 118 cm³/mol. The summed E-state index contributed by atoms with van der Waals surface area (Å²) in [6.07, 6.45) is 3.35. The van der Waals surface area contributed by atoms with Crippen LogP contribution in [-0.2, 0) is 6.54 Å². The zero-order chi connectivity index (χ0) is 22.7. The molecule has 1 aliphatic rings. The molecule has 3 N–H and O–H groups in total. The molecule has 0 unspecified atom stereocenters. The Balaban J connectivity index is 1.62. The van der Waals surface area contributed by atoms with Crippen molar-refractivity contribution in [3.63, 3.8) is 0 Å². The number of hydrazone groups is 1. The van der Waals surface area contributed by atoms with Gasteiger partial charge in [-0.15, -0.1) is 5.10 Å². The molecule has 0 bridgehead atoms. The van der Waals surface area contributed by atoms with Crippen LogP contribution in [0.15, 0.2) is 34.0 Å². The molecule has 3 heterocycles. The van der Waals surface area contributed by atoms with Gasteiger partial charge >= 0.3 is 0 Å². The highest BCUT2D eigenvalue weighted by molar-refractivity contribution is 6.31. The number of hydrogen-bond acceptors (Lipinski definition) is 9. The van der Waals surface area contributed by atoms with E-state index >= 15 is 0 Å². The molecule has 1 fully saturated rings. The molecule has 12 heteroatoms. The third-order valence-corrected chi connectivity index (χ3v) is 5.77. The first-order valence-electron chi connectivity index (χ1n) is 10.3. The summed E-state index contributed by atoms with van der Waals surface area (Å²) in [5.74, 6) is -0.244. The van der Waals surface area contributed by atoms with Crippen molar-refractivity contribution >= 4 is 29.0 Å². The highest BCUT2D eigenvalue weighted by atomic mass is 35.5. The molecule has 11 nitrogen and oxygen atoms in total. The third kappa shape index (κ3) is 4.63. The zero-order valence-corrected chi connectivity index (χ0v) is 18.6. The van der Waals surface area contributed by atoms with Crippen molar-refractivity contribution < 1.29 is 9.42 Å². The molecule has 168 valence electrons. The number of nitrogens with one attached hydrogen (secondary N) is 1. The van der Waals surface area contributed by atoms with Crippen LogP contribution in [0.5, 0.6) is 0 Å². The lowest BCUT2D eigenvalue weighted by Crippen LogP contribution is -2.38. The van der Waals surface area contributed by atoms with Crippen LogP contribution in [0.25, 0.3) is 5.82 Å². The summed E-state index contributed by atoms with van der Waals surface area (Å²) < 4.78 is 6.11. The first-order chi connectivity index (χ1) is 15.4. The normalized spacial score (nSPS) is 17.5. The number of nitrogens with zero attached hydrogens (tertiary/aromatic N) is 7. The van der Waals surface area contributed by atoms with Gasteiger partial charge in [0, 0.05) is 17.6 Å². The average Bonchev–Trinajstić information content (AvgIpc) is 3.39. The van der Waals surface area contributed by atoms with Crippen molar-refractivity contribution in [2.75, 3.05) is 12.3 Å². The van der Waals surface area contributed by atoms with Crippen LogP contribution in [0.2, 0.25) is 5.02 Å². The van der Waals surface area contributed by atoms with Gasteiger partial charge in [-0.05, 0) is 61.2 Å². The summed E-state index contributed by atoms with van der Waals surface area (Å²) in [6.45, 7) is 5.30. The fourth-order valence-corrected chi connectivity index (χ4v) is 3.87. The first kappa shape index (κ1) is 21.9. The molecule has 1 saturated heterocycles. The number of rotatable bonds is 6. The highest BCUT2D eigenvalue weighted by Crippen LogP contribution is 2.22. The number of nitrogens with two attached hydrogens (primary N) is 1. The van der Waals surface area contributed by atoms with Gasteiger partial charge < -0.3 is 5.73 Å². The number of nitrogen functional groups attached to an aromatic ring is 1. The highest BCUT2D eigenvalue weighted by Gasteiger charge is 2.28. The topological polar surface area (TPSA) is 140 Å². The second-order valence-electron chi connectivity index (χ2n) is 7.73. The number of likely N-dealkylation sites (tertiary alicyclic amines) is 1. The van der Waals surface area contributed by atoms with Crippen molar-refractivity contribution in [2.24, 2.45) is 5.10 Å². The van der Waals surface area contributed by atoms with Gasteiger partial charge in [-0.25, -0.2) is 10.1 Å². The van der Waals surface area contributed by atoms with E-state index in [0.29, 0.717) is 29.0 Å². The van der Waals surface area contributed by atoms with Crippen molar-refractivity contribution in [2.45, 2.75) is 45.7 Å². The van der Waals surface area contributed by atoms with Crippen molar-refractivity contribution in [3.8, 4) is 5.82 Å². The van der Waals surface area contributed by atoms with Gasteiger partial charge in [-0.1, -0.05) is 35.4 Å². The van der Waals surface area contributed by atoms with E-state index in [1.54, 1.807) is 19.1 Å². The van der Waals surface area contributed by atoms with E-state index in [0.717, 1.165) is 24.9 Å². The number of halogens is 1. The van der Waals surface area contributed by atoms with E-state index < -0.39 is 5.91 Å². The summed E-state index contributed by atoms with van der Waals surface area (Å²) in [5, 5.41) is 20.4. The Bertz CT molecular complexity index is 1140. The molecule has 0 spiro atoms. The number of carbonyl (C=O) groups is 1. The maximum Gasteiger partial charge on any atom is 0.293 e. The average molecular weight is 458 g/mol. The molecule has 1 atom stereocenters. The third-order valence-electron chi connectivity index (χ3n) is 5.54. The lowest BCUT2D eigenvalue weighted by atomic mass is 10.0. The summed E-state index contributed by atoms with van der Waals surface area (Å²) in [6, 6.07) is 7.58. The maximum atomic E-state index is 13.0. The van der Waals surface area contributed by atoms with Crippen LogP contribution in [0.3, 0.4) is 0 Å². The fraction of sp³-hybridized carbons (Fsp3) is 0.400. The number of piperidine rings is 1. The van der Waals surface area contributed by atoms with Gasteiger partial charge in [0.1, 0.15) is 0 Å². The molecule has 4 rings (SSSR count). The van der Waals surface area contributed by atoms with E-state index in [9.17, 15) is 4.79 Å². The summed E-state index contributed by atoms with van der Waals surface area (Å²) in [5.41, 5.74) is 10.5. The maximum absolute atomic E-state index is 13.0. The Morgan fingerprint density at radius 3 is 2.94 bits per heavy atom. The number of aromatic nitrogens is 5. The van der Waals surface area contributed by atoms with Crippen molar-refractivity contribution in [1.29, 1.82) is 0 Å². The SMILES string of the molecule is C/C(=N\NC(=O)c1nnn(-c2nonc2N)c1CN1CCCC[C@@H]1C)c1cccc(Cl)c1. The van der Waals surface area contributed by atoms with E-state index in [1.165, 1.54) is 11.1 Å². The number of anilines is 1. The summed E-state index contributed by atoms with van der Waals surface area (Å²) in [4.78, 5) is 15.3. The number of hydrogen-bond donors (Lipinski definition) is 2. The van der Waals surface area contributed by atoms with Crippen LogP contribution in [0.4, 0.5) is 5.82 Å². The van der Waals surface area contributed by atoms with Crippen LogP contribution < -0.4 is 11.2 Å². The zero-order valence-electron chi connectivity index (χ0n) is 17.8. The lowest BCUT2D eigenvalue weighted by molar-refractivity contribution is 0.0944. The number of benzene rings is 1. The number of amides is 1. The van der Waals surface area contributed by atoms with Crippen molar-refractivity contribution in [1.82, 2.24) is 35.6 Å². The molecule has 1 aromatic carbocycles. The van der Waals surface area contributed by atoms with Crippen LogP contribution in [0, 0.1) is 0 Å². The van der Waals surface area contributed by atoms with E-state index in [-0.39, 0.29) is 17.3 Å². The fourth-order valence-electron chi connectivity index (χ4n) is 3.68. The molecule has 0 saturated carbocycles. The van der Waals surface area contributed by atoms with Gasteiger partial charge in [0.15, 0.2) is 5.69 Å². The van der Waals surface area contributed by atoms with Gasteiger partial charge in [-0.3, -0.25) is 9.69 Å². The van der Waals surface area contributed by atoms with E-state index in [2.05, 4.69) is 43.0 Å². The smallest absolute Gasteiger partial charge is 0.293 e. The van der Waals surface area contributed by atoms with Gasteiger partial charge in [0.05, 0.1) is 11.4 Å². The summed E-state index contributed by atoms with van der Waals surface area (Å²) >= 11 is 6.04. The monoisotopic (exact) mass is 457 g/mol. The van der Waals surface area contributed by atoms with Crippen LogP contribution in [-0.4, -0.2) is 54.4 Å². The molecule has 32 heavy (non-hydrogen) atoms. The second kappa shape index (κ2) is 9.45. The van der Waals surface area contributed by atoms with E-state index in [1.807, 2.05) is 12.1 Å². The standard InChI is InChI=1S/C20H24ClN9O2/c1-12-6-3-4-9-29(12)11-16-17(24-28-30(16)19-18(22)26-32-27-19)20(31)25-23-13(2)14-7-5-8-15(21)10-14/h5,7-8,10,12H,3-4,6,9,11H2,1-2H3,(H2,22,26)(H,25,31)/b23-13+/t12-/m0/s1.